The average Bonchev–Trinajstić information content (AvgIpc) is 2.65. The van der Waals surface area contributed by atoms with Gasteiger partial charge >= 0.3 is 6.09 Å². The molecule has 0 aromatic heterocycles. The van der Waals surface area contributed by atoms with E-state index in [1.807, 2.05) is 45.0 Å². The van der Waals surface area contributed by atoms with E-state index in [9.17, 15) is 9.59 Å². The van der Waals surface area contributed by atoms with Gasteiger partial charge in [-0.2, -0.15) is 0 Å². The summed E-state index contributed by atoms with van der Waals surface area (Å²) in [4.78, 5) is 30.7. The average molecular weight is 376 g/mol. The molecule has 1 aromatic carbocycles. The molecule has 1 saturated heterocycles. The standard InChI is InChI=1S/C21H33N3O3/c1-6-22(7-2)16-17-8-10-18(11-9-17)19(25)23-12-14-24(15-13-23)20(26)27-21(3,4)5/h8-11H,6-7,12-16H2,1-5H3. The number of amides is 2. The minimum atomic E-state index is -0.503. The zero-order valence-corrected chi connectivity index (χ0v) is 17.3. The van der Waals surface area contributed by atoms with E-state index < -0.39 is 5.60 Å². The van der Waals surface area contributed by atoms with Crippen LogP contribution in [0.2, 0.25) is 0 Å². The van der Waals surface area contributed by atoms with Gasteiger partial charge in [-0.25, -0.2) is 4.79 Å². The number of hydrogen-bond donors (Lipinski definition) is 0. The second kappa shape index (κ2) is 9.22. The van der Waals surface area contributed by atoms with Crippen LogP contribution in [-0.4, -0.2) is 71.6 Å². The fraction of sp³-hybridized carbons (Fsp3) is 0.619. The van der Waals surface area contributed by atoms with E-state index >= 15 is 0 Å². The number of piperazine rings is 1. The molecule has 2 rings (SSSR count). The van der Waals surface area contributed by atoms with Crippen molar-refractivity contribution >= 4 is 12.0 Å². The Morgan fingerprint density at radius 2 is 1.48 bits per heavy atom. The minimum Gasteiger partial charge on any atom is -0.444 e. The number of ether oxygens (including phenoxy) is 1. The molecule has 0 N–H and O–H groups in total. The van der Waals surface area contributed by atoms with Gasteiger partial charge in [-0.15, -0.1) is 0 Å². The minimum absolute atomic E-state index is 0.0215. The van der Waals surface area contributed by atoms with Crippen LogP contribution in [0.3, 0.4) is 0 Å². The number of carbonyl (C=O) groups is 2. The zero-order chi connectivity index (χ0) is 20.0. The molecule has 1 aliphatic heterocycles. The van der Waals surface area contributed by atoms with Crippen molar-refractivity contribution in [2.45, 2.75) is 46.8 Å². The van der Waals surface area contributed by atoms with E-state index in [0.29, 0.717) is 31.7 Å². The number of nitrogens with zero attached hydrogens (tertiary/aromatic N) is 3. The second-order valence-electron chi connectivity index (χ2n) is 7.92. The molecule has 27 heavy (non-hydrogen) atoms. The second-order valence-corrected chi connectivity index (χ2v) is 7.92. The van der Waals surface area contributed by atoms with Crippen molar-refractivity contribution in [3.05, 3.63) is 35.4 Å². The van der Waals surface area contributed by atoms with Gasteiger partial charge in [-0.05, 0) is 51.6 Å². The van der Waals surface area contributed by atoms with Gasteiger partial charge in [-0.1, -0.05) is 26.0 Å². The Hall–Kier alpha value is -2.08. The Morgan fingerprint density at radius 3 is 1.96 bits per heavy atom. The van der Waals surface area contributed by atoms with Gasteiger partial charge < -0.3 is 14.5 Å². The van der Waals surface area contributed by atoms with E-state index in [1.165, 1.54) is 5.56 Å². The molecule has 0 bridgehead atoms. The van der Waals surface area contributed by atoms with E-state index in [1.54, 1.807) is 9.80 Å². The molecular weight excluding hydrogens is 342 g/mol. The van der Waals surface area contributed by atoms with Crippen LogP contribution in [0.25, 0.3) is 0 Å². The van der Waals surface area contributed by atoms with Crippen LogP contribution < -0.4 is 0 Å². The summed E-state index contributed by atoms with van der Waals surface area (Å²) in [5.74, 6) is 0.0215. The van der Waals surface area contributed by atoms with Gasteiger partial charge in [0, 0.05) is 38.3 Å². The van der Waals surface area contributed by atoms with Crippen LogP contribution in [-0.2, 0) is 11.3 Å². The third kappa shape index (κ3) is 6.24. The third-order valence-corrected chi connectivity index (χ3v) is 4.72. The summed E-state index contributed by atoms with van der Waals surface area (Å²) >= 11 is 0. The maximum atomic E-state index is 12.7. The molecule has 1 heterocycles. The van der Waals surface area contributed by atoms with Crippen LogP contribution in [0.15, 0.2) is 24.3 Å². The van der Waals surface area contributed by atoms with Crippen molar-refractivity contribution in [3.63, 3.8) is 0 Å². The highest BCUT2D eigenvalue weighted by atomic mass is 16.6. The quantitative estimate of drug-likeness (QED) is 0.793. The van der Waals surface area contributed by atoms with E-state index in [0.717, 1.165) is 19.6 Å². The predicted molar refractivity (Wildman–Crippen MR) is 107 cm³/mol. The number of carbonyl (C=O) groups excluding carboxylic acids is 2. The predicted octanol–water partition coefficient (Wildman–Crippen LogP) is 3.22. The van der Waals surface area contributed by atoms with Crippen LogP contribution in [0.5, 0.6) is 0 Å². The largest absolute Gasteiger partial charge is 0.444 e. The Bertz CT molecular complexity index is 625. The molecule has 0 radical (unpaired) electrons. The van der Waals surface area contributed by atoms with Crippen molar-refractivity contribution in [1.29, 1.82) is 0 Å². The van der Waals surface area contributed by atoms with Gasteiger partial charge in [0.1, 0.15) is 5.60 Å². The van der Waals surface area contributed by atoms with E-state index in [4.69, 9.17) is 4.74 Å². The van der Waals surface area contributed by atoms with Crippen molar-refractivity contribution < 1.29 is 14.3 Å². The fourth-order valence-electron chi connectivity index (χ4n) is 3.06. The first kappa shape index (κ1) is 21.2. The summed E-state index contributed by atoms with van der Waals surface area (Å²) in [5, 5.41) is 0. The number of rotatable bonds is 5. The Labute approximate surface area is 163 Å². The molecule has 0 aliphatic carbocycles. The van der Waals surface area contributed by atoms with E-state index in [-0.39, 0.29) is 12.0 Å². The number of hydrogen-bond acceptors (Lipinski definition) is 4. The molecule has 0 unspecified atom stereocenters. The van der Waals surface area contributed by atoms with Crippen molar-refractivity contribution in [1.82, 2.24) is 14.7 Å². The highest BCUT2D eigenvalue weighted by Gasteiger charge is 2.28. The maximum Gasteiger partial charge on any atom is 0.410 e. The molecular formula is C21H33N3O3. The molecule has 150 valence electrons. The highest BCUT2D eigenvalue weighted by Crippen LogP contribution is 2.14. The van der Waals surface area contributed by atoms with Gasteiger partial charge in [0.25, 0.3) is 5.91 Å². The SMILES string of the molecule is CCN(CC)Cc1ccc(C(=O)N2CCN(C(=O)OC(C)(C)C)CC2)cc1. The topological polar surface area (TPSA) is 53.1 Å². The summed E-state index contributed by atoms with van der Waals surface area (Å²) in [6.07, 6.45) is -0.310. The first-order chi connectivity index (χ1) is 12.7. The molecule has 1 aromatic rings. The molecule has 1 aliphatic rings. The third-order valence-electron chi connectivity index (χ3n) is 4.72. The summed E-state index contributed by atoms with van der Waals surface area (Å²) in [6.45, 7) is 14.8. The lowest BCUT2D eigenvalue weighted by atomic mass is 10.1. The van der Waals surface area contributed by atoms with Crippen LogP contribution in [0.1, 0.15) is 50.5 Å². The molecule has 2 amide bonds. The van der Waals surface area contributed by atoms with E-state index in [2.05, 4.69) is 18.7 Å². The Kier molecular flexibility index (Phi) is 7.25. The summed E-state index contributed by atoms with van der Waals surface area (Å²) in [7, 11) is 0. The molecule has 1 fully saturated rings. The van der Waals surface area contributed by atoms with Gasteiger partial charge in [0.2, 0.25) is 0 Å². The molecule has 6 nitrogen and oxygen atoms in total. The molecule has 0 saturated carbocycles. The smallest absolute Gasteiger partial charge is 0.410 e. The summed E-state index contributed by atoms with van der Waals surface area (Å²) in [5.41, 5.74) is 1.41. The summed E-state index contributed by atoms with van der Waals surface area (Å²) < 4.78 is 5.40. The molecule has 0 spiro atoms. The lowest BCUT2D eigenvalue weighted by Crippen LogP contribution is -2.51. The summed E-state index contributed by atoms with van der Waals surface area (Å²) in [6, 6.07) is 7.87. The first-order valence-electron chi connectivity index (χ1n) is 9.82. The van der Waals surface area contributed by atoms with Crippen LogP contribution in [0, 0.1) is 0 Å². The Balaban J connectivity index is 1.89. The monoisotopic (exact) mass is 375 g/mol. The van der Waals surface area contributed by atoms with Gasteiger partial charge in [0.05, 0.1) is 0 Å². The normalized spacial score (nSPS) is 15.2. The lowest BCUT2D eigenvalue weighted by Gasteiger charge is -2.35. The molecule has 0 atom stereocenters. The lowest BCUT2D eigenvalue weighted by molar-refractivity contribution is 0.0141. The Morgan fingerprint density at radius 1 is 0.963 bits per heavy atom. The molecule has 6 heteroatoms. The van der Waals surface area contributed by atoms with Crippen molar-refractivity contribution in [2.75, 3.05) is 39.3 Å². The first-order valence-corrected chi connectivity index (χ1v) is 9.82. The fourth-order valence-corrected chi connectivity index (χ4v) is 3.06. The van der Waals surface area contributed by atoms with Crippen LogP contribution in [0.4, 0.5) is 4.79 Å². The van der Waals surface area contributed by atoms with Gasteiger partial charge in [-0.3, -0.25) is 9.69 Å². The van der Waals surface area contributed by atoms with Crippen molar-refractivity contribution in [3.8, 4) is 0 Å². The number of benzene rings is 1. The van der Waals surface area contributed by atoms with Crippen molar-refractivity contribution in [2.24, 2.45) is 0 Å². The van der Waals surface area contributed by atoms with Gasteiger partial charge in [0.15, 0.2) is 0 Å². The maximum absolute atomic E-state index is 12.7. The zero-order valence-electron chi connectivity index (χ0n) is 17.3. The highest BCUT2D eigenvalue weighted by molar-refractivity contribution is 5.94. The van der Waals surface area contributed by atoms with Crippen LogP contribution >= 0.6 is 0 Å².